The number of hydrogen-bond donors (Lipinski definition) is 0. The number of nitrogens with zero attached hydrogens (tertiary/aromatic N) is 1. The lowest BCUT2D eigenvalue weighted by Crippen LogP contribution is -2.11. The van der Waals surface area contributed by atoms with Gasteiger partial charge in [-0.1, -0.05) is 170 Å². The summed E-state index contributed by atoms with van der Waals surface area (Å²) < 4.78 is 45.1. The van der Waals surface area contributed by atoms with E-state index in [1.54, 1.807) is 0 Å². The minimum atomic E-state index is -0.137. The second-order valence-electron chi connectivity index (χ2n) is 14.6. The Kier molecular flexibility index (Phi) is 7.20. The molecule has 2 nitrogen and oxygen atoms in total. The minimum Gasteiger partial charge on any atom is -0.455 e. The SMILES string of the molecule is [2H]c1c([2H])c(N(c2ccc(-c3ccccc3)cc2)c2ccccc2-c2ccc3oc4c5ccccc5ccc4c3c2)c([2H])c([2H])c1-c1cccc(-c2cccc3ccccc23)c1. The number of anilines is 3. The number of furan rings is 1. The number of benzene rings is 10. The summed E-state index contributed by atoms with van der Waals surface area (Å²) in [5.74, 6) is 0. The lowest BCUT2D eigenvalue weighted by Gasteiger charge is -2.28. The Morgan fingerprint density at radius 1 is 0.345 bits per heavy atom. The van der Waals surface area contributed by atoms with Gasteiger partial charge in [0, 0.05) is 33.1 Å². The molecule has 11 rings (SSSR count). The molecule has 58 heavy (non-hydrogen) atoms. The van der Waals surface area contributed by atoms with Crippen molar-refractivity contribution in [2.75, 3.05) is 4.90 Å². The van der Waals surface area contributed by atoms with Gasteiger partial charge in [-0.15, -0.1) is 0 Å². The number of fused-ring (bicyclic) bond motifs is 6. The van der Waals surface area contributed by atoms with Crippen molar-refractivity contribution < 1.29 is 9.90 Å². The molecule has 0 saturated heterocycles. The molecule has 11 aromatic rings. The van der Waals surface area contributed by atoms with Crippen LogP contribution in [0.2, 0.25) is 0 Å². The Bertz CT molecular complexity index is 3490. The molecular weight excluding hydrogens is 703 g/mol. The zero-order valence-corrected chi connectivity index (χ0v) is 31.4. The molecular formula is C56H37NO. The summed E-state index contributed by atoms with van der Waals surface area (Å²) in [5.41, 5.74) is 9.91. The van der Waals surface area contributed by atoms with Gasteiger partial charge in [-0.05, 0) is 110 Å². The van der Waals surface area contributed by atoms with Crippen molar-refractivity contribution in [1.29, 1.82) is 0 Å². The second kappa shape index (κ2) is 14.1. The van der Waals surface area contributed by atoms with E-state index < -0.39 is 0 Å². The fraction of sp³-hybridized carbons (Fsp3) is 0. The van der Waals surface area contributed by atoms with Crippen LogP contribution in [0.15, 0.2) is 229 Å². The average molecular weight is 744 g/mol. The van der Waals surface area contributed by atoms with Crippen LogP contribution in [0.25, 0.3) is 88.0 Å². The molecule has 10 aromatic carbocycles. The first-order valence-electron chi connectivity index (χ1n) is 21.5. The number of para-hydroxylation sites is 1. The maximum atomic E-state index is 9.73. The van der Waals surface area contributed by atoms with Crippen molar-refractivity contribution in [2.45, 2.75) is 0 Å². The Balaban J connectivity index is 1.09. The maximum absolute atomic E-state index is 9.73. The third-order valence-electron chi connectivity index (χ3n) is 11.1. The first-order valence-corrected chi connectivity index (χ1v) is 19.5. The first kappa shape index (κ1) is 29.6. The largest absolute Gasteiger partial charge is 0.455 e. The summed E-state index contributed by atoms with van der Waals surface area (Å²) in [6.45, 7) is 0. The van der Waals surface area contributed by atoms with Gasteiger partial charge >= 0.3 is 0 Å². The van der Waals surface area contributed by atoms with Crippen LogP contribution >= 0.6 is 0 Å². The highest BCUT2D eigenvalue weighted by atomic mass is 16.3. The summed E-state index contributed by atoms with van der Waals surface area (Å²) in [6.07, 6.45) is 0. The second-order valence-corrected chi connectivity index (χ2v) is 14.6. The molecule has 0 bridgehead atoms. The Morgan fingerprint density at radius 2 is 0.948 bits per heavy atom. The van der Waals surface area contributed by atoms with Gasteiger partial charge < -0.3 is 9.32 Å². The van der Waals surface area contributed by atoms with Gasteiger partial charge in [0.25, 0.3) is 0 Å². The molecule has 0 amide bonds. The summed E-state index contributed by atoms with van der Waals surface area (Å²) in [5, 5.41) is 6.39. The Morgan fingerprint density at radius 3 is 1.79 bits per heavy atom. The predicted octanol–water partition coefficient (Wildman–Crippen LogP) is 16.0. The highest BCUT2D eigenvalue weighted by Crippen LogP contribution is 2.44. The molecule has 0 aliphatic rings. The van der Waals surface area contributed by atoms with Gasteiger partial charge in [-0.3, -0.25) is 0 Å². The molecule has 0 spiro atoms. The predicted molar refractivity (Wildman–Crippen MR) is 245 cm³/mol. The minimum absolute atomic E-state index is 0.113. The van der Waals surface area contributed by atoms with E-state index in [1.165, 1.54) is 0 Å². The highest BCUT2D eigenvalue weighted by Gasteiger charge is 2.19. The van der Waals surface area contributed by atoms with Crippen molar-refractivity contribution in [1.82, 2.24) is 0 Å². The molecule has 0 aliphatic carbocycles. The van der Waals surface area contributed by atoms with Crippen LogP contribution in [0.5, 0.6) is 0 Å². The Hall–Kier alpha value is -7.68. The topological polar surface area (TPSA) is 16.4 Å². The van der Waals surface area contributed by atoms with Crippen molar-refractivity contribution in [3.8, 4) is 44.5 Å². The van der Waals surface area contributed by atoms with E-state index in [4.69, 9.17) is 4.42 Å². The van der Waals surface area contributed by atoms with Crippen molar-refractivity contribution in [3.05, 3.63) is 224 Å². The van der Waals surface area contributed by atoms with Crippen molar-refractivity contribution >= 4 is 60.5 Å². The first-order chi connectivity index (χ1) is 30.4. The van der Waals surface area contributed by atoms with E-state index in [9.17, 15) is 5.48 Å². The van der Waals surface area contributed by atoms with Crippen LogP contribution in [-0.2, 0) is 0 Å². The van der Waals surface area contributed by atoms with Crippen LogP contribution in [0.1, 0.15) is 5.48 Å². The summed E-state index contributed by atoms with van der Waals surface area (Å²) in [7, 11) is 0. The zero-order valence-electron chi connectivity index (χ0n) is 35.4. The van der Waals surface area contributed by atoms with Gasteiger partial charge in [-0.2, -0.15) is 0 Å². The van der Waals surface area contributed by atoms with E-state index in [1.807, 2.05) is 138 Å². The zero-order chi connectivity index (χ0) is 41.9. The van der Waals surface area contributed by atoms with Gasteiger partial charge in [0.1, 0.15) is 11.2 Å². The third kappa shape index (κ3) is 5.91. The van der Waals surface area contributed by atoms with Crippen LogP contribution in [-0.4, -0.2) is 0 Å². The molecule has 0 aliphatic heterocycles. The standard InChI is InChI=1S/C56H37NO/c1-2-12-38(13-3-1)39-24-30-46(31-25-39)57(47-32-26-40(27-33-47)43-17-10-18-44(36-43)49-22-11-16-41-14-4-6-19-48(41)49)54-23-9-8-20-50(54)45-29-35-55-53(37-45)52-34-28-42-15-5-7-21-51(42)56(52)58-55/h1-37H/i26D,27D,32D,33D. The Labute approximate surface area is 343 Å². The lowest BCUT2D eigenvalue weighted by atomic mass is 9.95. The molecule has 0 radical (unpaired) electrons. The molecule has 0 unspecified atom stereocenters. The summed E-state index contributed by atoms with van der Waals surface area (Å²) in [4.78, 5) is 1.88. The van der Waals surface area contributed by atoms with Gasteiger partial charge in [0.2, 0.25) is 0 Å². The van der Waals surface area contributed by atoms with E-state index in [-0.39, 0.29) is 35.4 Å². The van der Waals surface area contributed by atoms with Gasteiger partial charge in [0.15, 0.2) is 0 Å². The molecule has 1 heterocycles. The average Bonchev–Trinajstić information content (AvgIpc) is 3.71. The molecule has 272 valence electrons. The van der Waals surface area contributed by atoms with E-state index in [0.29, 0.717) is 16.9 Å². The van der Waals surface area contributed by atoms with E-state index in [2.05, 4.69) is 66.7 Å². The molecule has 2 heteroatoms. The quantitative estimate of drug-likeness (QED) is 0.162. The maximum Gasteiger partial charge on any atom is 0.143 e. The lowest BCUT2D eigenvalue weighted by molar-refractivity contribution is 0.672. The fourth-order valence-electron chi connectivity index (χ4n) is 8.29. The van der Waals surface area contributed by atoms with Crippen LogP contribution in [0, 0.1) is 0 Å². The van der Waals surface area contributed by atoms with E-state index >= 15 is 0 Å². The normalized spacial score (nSPS) is 12.4. The molecule has 0 N–H and O–H groups in total. The van der Waals surface area contributed by atoms with Crippen LogP contribution in [0.3, 0.4) is 0 Å². The van der Waals surface area contributed by atoms with Gasteiger partial charge in [0.05, 0.1) is 11.2 Å². The number of hydrogen-bond acceptors (Lipinski definition) is 2. The van der Waals surface area contributed by atoms with Crippen molar-refractivity contribution in [3.63, 3.8) is 0 Å². The monoisotopic (exact) mass is 743 g/mol. The van der Waals surface area contributed by atoms with Gasteiger partial charge in [-0.25, -0.2) is 0 Å². The highest BCUT2D eigenvalue weighted by molar-refractivity contribution is 6.15. The molecule has 0 atom stereocenters. The summed E-state index contributed by atoms with van der Waals surface area (Å²) in [6, 6.07) is 66.6. The number of rotatable bonds is 7. The third-order valence-corrected chi connectivity index (χ3v) is 11.1. The van der Waals surface area contributed by atoms with E-state index in [0.717, 1.165) is 76.9 Å². The smallest absolute Gasteiger partial charge is 0.143 e. The molecule has 0 fully saturated rings. The molecule has 1 aromatic heterocycles. The fourth-order valence-corrected chi connectivity index (χ4v) is 8.29. The van der Waals surface area contributed by atoms with Crippen LogP contribution in [0.4, 0.5) is 17.1 Å². The summed E-state index contributed by atoms with van der Waals surface area (Å²) >= 11 is 0. The van der Waals surface area contributed by atoms with Crippen molar-refractivity contribution in [2.24, 2.45) is 0 Å². The molecule has 0 saturated carbocycles. The van der Waals surface area contributed by atoms with Crippen LogP contribution < -0.4 is 4.90 Å².